The van der Waals surface area contributed by atoms with Crippen molar-refractivity contribution >= 4 is 11.6 Å². The van der Waals surface area contributed by atoms with E-state index < -0.39 is 29.8 Å². The highest BCUT2D eigenvalue weighted by atomic mass is 19.4. The molecule has 2 aromatic carbocycles. The van der Waals surface area contributed by atoms with Gasteiger partial charge in [0.05, 0.1) is 6.04 Å². The standard InChI is InChI=1S/C27H28F4N2O2/c1-17(2)21-13-19(9-12-23(21)28)22-11-10-20(27(29,30)31)14-26(22,35-3)24-16-33(25(34)32-24)15-18-7-5-4-6-8-18/h4-13,17,24H,14-16H2,1-3H3,(H,32,34). The summed E-state index contributed by atoms with van der Waals surface area (Å²) in [4.78, 5) is 14.4. The summed E-state index contributed by atoms with van der Waals surface area (Å²) in [7, 11) is 1.35. The number of hydrogen-bond acceptors (Lipinski definition) is 2. The zero-order valence-corrected chi connectivity index (χ0v) is 19.8. The van der Waals surface area contributed by atoms with Gasteiger partial charge >= 0.3 is 12.2 Å². The van der Waals surface area contributed by atoms with Crippen LogP contribution in [0.1, 0.15) is 42.9 Å². The molecule has 4 rings (SSSR count). The Hall–Kier alpha value is -3.13. The van der Waals surface area contributed by atoms with Crippen LogP contribution >= 0.6 is 0 Å². The summed E-state index contributed by atoms with van der Waals surface area (Å²) in [5.74, 6) is -0.497. The SMILES string of the molecule is COC1(C2CN(Cc3ccccc3)C(=O)N2)CC(C(F)(F)F)=CC=C1c1ccc(F)c(C(C)C)c1. The lowest BCUT2D eigenvalue weighted by Gasteiger charge is -2.42. The number of amides is 2. The molecule has 1 heterocycles. The van der Waals surface area contributed by atoms with Crippen molar-refractivity contribution in [2.24, 2.45) is 0 Å². The molecule has 2 unspecified atom stereocenters. The minimum atomic E-state index is -4.55. The first-order valence-corrected chi connectivity index (χ1v) is 11.5. The molecule has 1 aliphatic heterocycles. The molecule has 0 spiro atoms. The van der Waals surface area contributed by atoms with Crippen LogP contribution < -0.4 is 5.32 Å². The minimum absolute atomic E-state index is 0.120. The molecule has 2 atom stereocenters. The average Bonchev–Trinajstić information content (AvgIpc) is 3.19. The second kappa shape index (κ2) is 9.49. The Morgan fingerprint density at radius 3 is 2.49 bits per heavy atom. The van der Waals surface area contributed by atoms with Crippen LogP contribution in [0.25, 0.3) is 5.57 Å². The van der Waals surface area contributed by atoms with Crippen molar-refractivity contribution in [3.05, 3.63) is 88.8 Å². The number of carbonyl (C=O) groups excluding carboxylic acids is 1. The van der Waals surface area contributed by atoms with Gasteiger partial charge in [0.25, 0.3) is 0 Å². The molecule has 1 aliphatic carbocycles. The van der Waals surface area contributed by atoms with Crippen LogP contribution in [-0.2, 0) is 11.3 Å². The molecule has 2 aromatic rings. The van der Waals surface area contributed by atoms with E-state index in [2.05, 4.69) is 5.32 Å². The minimum Gasteiger partial charge on any atom is -0.371 e. The molecule has 0 aromatic heterocycles. The largest absolute Gasteiger partial charge is 0.412 e. The number of alkyl halides is 3. The van der Waals surface area contributed by atoms with Gasteiger partial charge in [-0.05, 0) is 40.3 Å². The summed E-state index contributed by atoms with van der Waals surface area (Å²) in [6, 6.07) is 12.8. The van der Waals surface area contributed by atoms with E-state index in [0.717, 1.165) is 11.6 Å². The third-order valence-corrected chi connectivity index (χ3v) is 6.78. The van der Waals surface area contributed by atoms with Gasteiger partial charge in [0.15, 0.2) is 0 Å². The molecular weight excluding hydrogens is 460 g/mol. The van der Waals surface area contributed by atoms with Gasteiger partial charge < -0.3 is 15.0 Å². The predicted octanol–water partition coefficient (Wildman–Crippen LogP) is 6.20. The lowest BCUT2D eigenvalue weighted by molar-refractivity contribution is -0.103. The van der Waals surface area contributed by atoms with E-state index in [9.17, 15) is 22.4 Å². The van der Waals surface area contributed by atoms with Gasteiger partial charge in [0.1, 0.15) is 11.4 Å². The molecule has 1 saturated heterocycles. The Morgan fingerprint density at radius 1 is 1.14 bits per heavy atom. The van der Waals surface area contributed by atoms with Crippen LogP contribution in [0.15, 0.2) is 66.3 Å². The lowest BCUT2D eigenvalue weighted by Crippen LogP contribution is -2.54. The number of benzene rings is 2. The van der Waals surface area contributed by atoms with Crippen LogP contribution in [0.4, 0.5) is 22.4 Å². The molecule has 0 radical (unpaired) electrons. The zero-order valence-electron chi connectivity index (χ0n) is 19.8. The Balaban J connectivity index is 1.75. The molecule has 4 nitrogen and oxygen atoms in total. The molecule has 186 valence electrons. The first kappa shape index (κ1) is 25.0. The normalized spacial score (nSPS) is 22.8. The number of allylic oxidation sites excluding steroid dienone is 2. The smallest absolute Gasteiger partial charge is 0.371 e. The van der Waals surface area contributed by atoms with Crippen molar-refractivity contribution in [2.75, 3.05) is 13.7 Å². The summed E-state index contributed by atoms with van der Waals surface area (Å²) < 4.78 is 61.7. The number of halogens is 4. The highest BCUT2D eigenvalue weighted by molar-refractivity contribution is 5.82. The maximum atomic E-state index is 14.4. The van der Waals surface area contributed by atoms with Gasteiger partial charge in [-0.2, -0.15) is 13.2 Å². The fourth-order valence-corrected chi connectivity index (χ4v) is 4.88. The van der Waals surface area contributed by atoms with Gasteiger partial charge in [-0.25, -0.2) is 9.18 Å². The molecule has 1 fully saturated rings. The van der Waals surface area contributed by atoms with Gasteiger partial charge in [0.2, 0.25) is 0 Å². The number of rotatable bonds is 6. The van der Waals surface area contributed by atoms with Crippen molar-refractivity contribution < 1.29 is 27.1 Å². The summed E-state index contributed by atoms with van der Waals surface area (Å²) in [6.07, 6.45) is -2.59. The Kier molecular flexibility index (Phi) is 6.77. The first-order chi connectivity index (χ1) is 16.5. The van der Waals surface area contributed by atoms with Crippen LogP contribution in [-0.4, -0.2) is 42.4 Å². The molecule has 0 bridgehead atoms. The zero-order chi connectivity index (χ0) is 25.4. The number of carbonyl (C=O) groups is 1. The predicted molar refractivity (Wildman–Crippen MR) is 126 cm³/mol. The van der Waals surface area contributed by atoms with E-state index in [1.54, 1.807) is 17.0 Å². The van der Waals surface area contributed by atoms with Gasteiger partial charge in [-0.3, -0.25) is 0 Å². The maximum Gasteiger partial charge on any atom is 0.412 e. The number of urea groups is 1. The van der Waals surface area contributed by atoms with E-state index in [-0.39, 0.29) is 24.3 Å². The first-order valence-electron chi connectivity index (χ1n) is 11.5. The average molecular weight is 489 g/mol. The van der Waals surface area contributed by atoms with E-state index in [1.807, 2.05) is 44.2 Å². The molecule has 8 heteroatoms. The van der Waals surface area contributed by atoms with Gasteiger partial charge in [-0.15, -0.1) is 0 Å². The van der Waals surface area contributed by atoms with Crippen molar-refractivity contribution in [2.45, 2.75) is 50.6 Å². The highest BCUT2D eigenvalue weighted by Crippen LogP contribution is 2.47. The molecule has 2 aliphatic rings. The topological polar surface area (TPSA) is 41.6 Å². The van der Waals surface area contributed by atoms with Crippen molar-refractivity contribution in [3.63, 3.8) is 0 Å². The number of nitrogens with one attached hydrogen (secondary N) is 1. The Morgan fingerprint density at radius 2 is 1.86 bits per heavy atom. The van der Waals surface area contributed by atoms with Crippen molar-refractivity contribution in [3.8, 4) is 0 Å². The van der Waals surface area contributed by atoms with E-state index in [4.69, 9.17) is 4.74 Å². The number of ether oxygens (including phenoxy) is 1. The van der Waals surface area contributed by atoms with Crippen molar-refractivity contribution in [1.82, 2.24) is 10.2 Å². The second-order valence-corrected chi connectivity index (χ2v) is 9.30. The third-order valence-electron chi connectivity index (χ3n) is 6.78. The molecule has 0 saturated carbocycles. The number of nitrogens with zero attached hydrogens (tertiary/aromatic N) is 1. The van der Waals surface area contributed by atoms with Crippen LogP contribution in [0, 0.1) is 5.82 Å². The maximum absolute atomic E-state index is 14.4. The molecular formula is C27H28F4N2O2. The van der Waals surface area contributed by atoms with E-state index in [0.29, 0.717) is 23.2 Å². The quantitative estimate of drug-likeness (QED) is 0.492. The Labute approximate surface area is 202 Å². The monoisotopic (exact) mass is 488 g/mol. The molecule has 35 heavy (non-hydrogen) atoms. The van der Waals surface area contributed by atoms with E-state index in [1.165, 1.54) is 19.3 Å². The fraction of sp³-hybridized carbons (Fsp3) is 0.370. The Bertz CT molecular complexity index is 1160. The van der Waals surface area contributed by atoms with Crippen LogP contribution in [0.3, 0.4) is 0 Å². The summed E-state index contributed by atoms with van der Waals surface area (Å²) in [5, 5.41) is 2.86. The number of methoxy groups -OCH3 is 1. The van der Waals surface area contributed by atoms with E-state index >= 15 is 0 Å². The summed E-state index contributed by atoms with van der Waals surface area (Å²) >= 11 is 0. The summed E-state index contributed by atoms with van der Waals surface area (Å²) in [6.45, 7) is 4.17. The molecule has 2 amide bonds. The summed E-state index contributed by atoms with van der Waals surface area (Å²) in [5.41, 5.74) is 0.162. The van der Waals surface area contributed by atoms with Gasteiger partial charge in [-0.1, -0.05) is 62.4 Å². The lowest BCUT2D eigenvalue weighted by atomic mass is 9.74. The third kappa shape index (κ3) is 4.85. The fourth-order valence-electron chi connectivity index (χ4n) is 4.88. The van der Waals surface area contributed by atoms with Crippen LogP contribution in [0.2, 0.25) is 0 Å². The van der Waals surface area contributed by atoms with Gasteiger partial charge in [0, 0.05) is 32.2 Å². The highest BCUT2D eigenvalue weighted by Gasteiger charge is 2.52. The number of hydrogen-bond donors (Lipinski definition) is 1. The molecule has 1 N–H and O–H groups in total. The van der Waals surface area contributed by atoms with Crippen LogP contribution in [0.5, 0.6) is 0 Å². The van der Waals surface area contributed by atoms with Crippen molar-refractivity contribution in [1.29, 1.82) is 0 Å². The second-order valence-electron chi connectivity index (χ2n) is 9.30.